The lowest BCUT2D eigenvalue weighted by molar-refractivity contribution is -0.129. The molecule has 2 N–H and O–H groups in total. The van der Waals surface area contributed by atoms with Crippen molar-refractivity contribution >= 4 is 18.0 Å². The number of carbonyl (C=O) groups is 2. The molecule has 0 aliphatic carbocycles. The largest absolute Gasteiger partial charge is 0.493 e. The molecule has 22 heavy (non-hydrogen) atoms. The maximum Gasteiger partial charge on any atom is 0.249 e. The average molecular weight is 305 g/mol. The molecule has 2 amide bonds. The van der Waals surface area contributed by atoms with E-state index in [9.17, 15) is 9.59 Å². The Labute approximate surface area is 129 Å². The van der Waals surface area contributed by atoms with Gasteiger partial charge in [-0.3, -0.25) is 9.59 Å². The molecule has 0 aromatic heterocycles. The minimum Gasteiger partial charge on any atom is -0.493 e. The van der Waals surface area contributed by atoms with E-state index in [0.29, 0.717) is 23.6 Å². The summed E-state index contributed by atoms with van der Waals surface area (Å²) in [7, 11) is 3.04. The predicted molar refractivity (Wildman–Crippen MR) is 83.1 cm³/mol. The molecular weight excluding hydrogens is 286 g/mol. The molecule has 0 aliphatic heterocycles. The van der Waals surface area contributed by atoms with E-state index < -0.39 is 11.8 Å². The number of hydrogen-bond acceptors (Lipinski definition) is 5. The Morgan fingerprint density at radius 1 is 1.27 bits per heavy atom. The minimum atomic E-state index is -0.514. The van der Waals surface area contributed by atoms with Crippen LogP contribution in [-0.2, 0) is 9.59 Å². The van der Waals surface area contributed by atoms with E-state index in [0.717, 1.165) is 0 Å². The summed E-state index contributed by atoms with van der Waals surface area (Å²) < 4.78 is 10.4. The molecule has 1 aromatic carbocycles. The summed E-state index contributed by atoms with van der Waals surface area (Å²) in [5.41, 5.74) is 2.91. The van der Waals surface area contributed by atoms with Gasteiger partial charge in [-0.2, -0.15) is 5.10 Å². The van der Waals surface area contributed by atoms with Gasteiger partial charge in [0.2, 0.25) is 11.8 Å². The molecular formula is C15H19N3O4. The second-order valence-electron chi connectivity index (χ2n) is 4.15. The van der Waals surface area contributed by atoms with Crippen LogP contribution in [0.15, 0.2) is 36.0 Å². The molecule has 0 atom stereocenters. The Hall–Kier alpha value is -2.83. The van der Waals surface area contributed by atoms with Gasteiger partial charge in [-0.25, -0.2) is 5.43 Å². The molecule has 0 aliphatic rings. The van der Waals surface area contributed by atoms with Crippen molar-refractivity contribution in [2.24, 2.45) is 5.10 Å². The fourth-order valence-corrected chi connectivity index (χ4v) is 1.62. The second kappa shape index (κ2) is 9.17. The molecule has 7 heteroatoms. The molecule has 0 fully saturated rings. The van der Waals surface area contributed by atoms with Crippen LogP contribution in [0.1, 0.15) is 12.0 Å². The third kappa shape index (κ3) is 5.28. The maximum absolute atomic E-state index is 11.5. The van der Waals surface area contributed by atoms with Gasteiger partial charge in [0.25, 0.3) is 0 Å². The number of rotatable bonds is 8. The van der Waals surface area contributed by atoms with Crippen LogP contribution in [0.3, 0.4) is 0 Å². The monoisotopic (exact) mass is 305 g/mol. The third-order valence-corrected chi connectivity index (χ3v) is 2.59. The Balaban J connectivity index is 2.60. The number of carbonyl (C=O) groups excluding carboxylic acids is 2. The SMILES string of the molecule is C=CCNC(=O)CC(=O)NN=Cc1cccc(OC)c1OC. The summed E-state index contributed by atoms with van der Waals surface area (Å²) in [6.07, 6.45) is 2.64. The first-order valence-electron chi connectivity index (χ1n) is 6.52. The van der Waals surface area contributed by atoms with Crippen LogP contribution < -0.4 is 20.2 Å². The zero-order valence-corrected chi connectivity index (χ0v) is 12.6. The van der Waals surface area contributed by atoms with E-state index in [4.69, 9.17) is 9.47 Å². The topological polar surface area (TPSA) is 89.0 Å². The van der Waals surface area contributed by atoms with Gasteiger partial charge in [0, 0.05) is 12.1 Å². The first-order valence-corrected chi connectivity index (χ1v) is 6.52. The second-order valence-corrected chi connectivity index (χ2v) is 4.15. The van der Waals surface area contributed by atoms with Crippen molar-refractivity contribution in [3.8, 4) is 11.5 Å². The van der Waals surface area contributed by atoms with Crippen molar-refractivity contribution in [2.45, 2.75) is 6.42 Å². The predicted octanol–water partition coefficient (Wildman–Crippen LogP) is 0.846. The molecule has 118 valence electrons. The fraction of sp³-hybridized carbons (Fsp3) is 0.267. The molecule has 0 unspecified atom stereocenters. The highest BCUT2D eigenvalue weighted by Gasteiger charge is 2.09. The number of hydrogen-bond donors (Lipinski definition) is 2. The fourth-order valence-electron chi connectivity index (χ4n) is 1.62. The van der Waals surface area contributed by atoms with Crippen LogP contribution in [0.2, 0.25) is 0 Å². The van der Waals surface area contributed by atoms with Gasteiger partial charge in [0.05, 0.1) is 20.4 Å². The van der Waals surface area contributed by atoms with Crippen LogP contribution in [0, 0.1) is 0 Å². The third-order valence-electron chi connectivity index (χ3n) is 2.59. The van der Waals surface area contributed by atoms with Crippen molar-refractivity contribution in [1.82, 2.24) is 10.7 Å². The number of ether oxygens (including phenoxy) is 2. The van der Waals surface area contributed by atoms with Gasteiger partial charge in [-0.1, -0.05) is 12.1 Å². The number of amides is 2. The molecule has 0 heterocycles. The Morgan fingerprint density at radius 2 is 2.05 bits per heavy atom. The molecule has 0 radical (unpaired) electrons. The molecule has 0 bridgehead atoms. The summed E-state index contributed by atoms with van der Waals surface area (Å²) in [6, 6.07) is 5.28. The number of para-hydroxylation sites is 1. The molecule has 1 rings (SSSR count). The van der Waals surface area contributed by atoms with Crippen molar-refractivity contribution in [1.29, 1.82) is 0 Å². The average Bonchev–Trinajstić information content (AvgIpc) is 2.52. The Kier molecular flexibility index (Phi) is 7.18. The minimum absolute atomic E-state index is 0.305. The Morgan fingerprint density at radius 3 is 2.68 bits per heavy atom. The normalized spacial score (nSPS) is 10.1. The summed E-state index contributed by atoms with van der Waals surface area (Å²) in [4.78, 5) is 22.8. The van der Waals surface area contributed by atoms with E-state index in [2.05, 4.69) is 22.4 Å². The highest BCUT2D eigenvalue weighted by atomic mass is 16.5. The molecule has 0 spiro atoms. The molecule has 1 aromatic rings. The quantitative estimate of drug-likeness (QED) is 0.322. The maximum atomic E-state index is 11.5. The van der Waals surface area contributed by atoms with Crippen molar-refractivity contribution < 1.29 is 19.1 Å². The van der Waals surface area contributed by atoms with Crippen molar-refractivity contribution in [3.63, 3.8) is 0 Å². The van der Waals surface area contributed by atoms with Gasteiger partial charge in [0.15, 0.2) is 11.5 Å². The lowest BCUT2D eigenvalue weighted by Gasteiger charge is -2.09. The highest BCUT2D eigenvalue weighted by molar-refractivity contribution is 5.97. The van der Waals surface area contributed by atoms with Gasteiger partial charge >= 0.3 is 0 Å². The van der Waals surface area contributed by atoms with Crippen molar-refractivity contribution in [2.75, 3.05) is 20.8 Å². The van der Waals surface area contributed by atoms with E-state index in [1.807, 2.05) is 0 Å². The first-order chi connectivity index (χ1) is 10.6. The van der Waals surface area contributed by atoms with Crippen molar-refractivity contribution in [3.05, 3.63) is 36.4 Å². The molecule has 0 saturated carbocycles. The number of benzene rings is 1. The number of methoxy groups -OCH3 is 2. The van der Waals surface area contributed by atoms with Crippen LogP contribution in [0.5, 0.6) is 11.5 Å². The number of hydrazone groups is 1. The van der Waals surface area contributed by atoms with Crippen LogP contribution in [-0.4, -0.2) is 38.8 Å². The Bertz CT molecular complexity index is 570. The summed E-state index contributed by atoms with van der Waals surface area (Å²) in [5, 5.41) is 6.30. The van der Waals surface area contributed by atoms with Gasteiger partial charge in [0.1, 0.15) is 6.42 Å². The zero-order chi connectivity index (χ0) is 16.4. The van der Waals surface area contributed by atoms with Gasteiger partial charge in [-0.15, -0.1) is 6.58 Å². The van der Waals surface area contributed by atoms with Crippen LogP contribution >= 0.6 is 0 Å². The summed E-state index contributed by atoms with van der Waals surface area (Å²) >= 11 is 0. The van der Waals surface area contributed by atoms with Crippen LogP contribution in [0.25, 0.3) is 0 Å². The van der Waals surface area contributed by atoms with E-state index in [1.165, 1.54) is 26.5 Å². The van der Waals surface area contributed by atoms with Crippen LogP contribution in [0.4, 0.5) is 0 Å². The lowest BCUT2D eigenvalue weighted by Crippen LogP contribution is -2.29. The standard InChI is InChI=1S/C15H19N3O4/c1-4-8-16-13(19)9-14(20)18-17-10-11-6-5-7-12(21-2)15(11)22-3/h4-7,10H,1,8-9H2,2-3H3,(H,16,19)(H,18,20). The van der Waals surface area contributed by atoms with E-state index >= 15 is 0 Å². The smallest absolute Gasteiger partial charge is 0.249 e. The number of nitrogens with one attached hydrogen (secondary N) is 2. The van der Waals surface area contributed by atoms with E-state index in [-0.39, 0.29) is 6.42 Å². The zero-order valence-electron chi connectivity index (χ0n) is 12.6. The van der Waals surface area contributed by atoms with Gasteiger partial charge in [-0.05, 0) is 12.1 Å². The summed E-state index contributed by atoms with van der Waals surface area (Å²) in [6.45, 7) is 3.78. The number of nitrogens with zero attached hydrogens (tertiary/aromatic N) is 1. The molecule has 7 nitrogen and oxygen atoms in total. The van der Waals surface area contributed by atoms with E-state index in [1.54, 1.807) is 18.2 Å². The summed E-state index contributed by atoms with van der Waals surface area (Å²) in [5.74, 6) is 0.152. The van der Waals surface area contributed by atoms with Gasteiger partial charge < -0.3 is 14.8 Å². The molecule has 0 saturated heterocycles. The highest BCUT2D eigenvalue weighted by Crippen LogP contribution is 2.29. The lowest BCUT2D eigenvalue weighted by atomic mass is 10.2. The first kappa shape index (κ1) is 17.2.